The Balaban J connectivity index is 1.43. The third-order valence-corrected chi connectivity index (χ3v) is 9.05. The van der Waals surface area contributed by atoms with Gasteiger partial charge in [-0.15, -0.1) is 0 Å². The van der Waals surface area contributed by atoms with Gasteiger partial charge < -0.3 is 5.41 Å². The smallest absolute Gasteiger partial charge is 0.135 e. The molecule has 2 aliphatic rings. The molecule has 212 valence electrons. The molecular weight excluding hydrogens is 517 g/mol. The summed E-state index contributed by atoms with van der Waals surface area (Å²) in [5, 5.41) is 9.37. The van der Waals surface area contributed by atoms with E-state index in [0.717, 1.165) is 97.9 Å². The van der Waals surface area contributed by atoms with Crippen LogP contribution in [-0.4, -0.2) is 11.5 Å². The molecule has 2 nitrogen and oxygen atoms in total. The maximum absolute atomic E-state index is 13.5. The van der Waals surface area contributed by atoms with E-state index in [0.29, 0.717) is 23.8 Å². The van der Waals surface area contributed by atoms with Crippen LogP contribution in [0.25, 0.3) is 5.57 Å². The number of carbonyl (C=O) groups is 1. The summed E-state index contributed by atoms with van der Waals surface area (Å²) in [6, 6.07) is 14.6. The Hall–Kier alpha value is -2.78. The van der Waals surface area contributed by atoms with Crippen molar-refractivity contribution in [1.82, 2.24) is 0 Å². The van der Waals surface area contributed by atoms with E-state index < -0.39 is 0 Å². The number of allylic oxidation sites excluding steroid dienone is 6. The van der Waals surface area contributed by atoms with Crippen molar-refractivity contribution in [3.8, 4) is 0 Å². The average molecular weight is 560 g/mol. The van der Waals surface area contributed by atoms with Crippen LogP contribution >= 0.6 is 11.6 Å². The predicted octanol–water partition coefficient (Wildman–Crippen LogP) is 10.5. The van der Waals surface area contributed by atoms with E-state index in [1.165, 1.54) is 23.3 Å². The Labute approximate surface area is 244 Å². The summed E-state index contributed by atoms with van der Waals surface area (Å²) in [7, 11) is 0. The molecule has 4 heteroatoms. The molecule has 0 amide bonds. The Morgan fingerprint density at radius 3 is 2.52 bits per heavy atom. The van der Waals surface area contributed by atoms with Crippen molar-refractivity contribution in [1.29, 1.82) is 5.41 Å². The highest BCUT2D eigenvalue weighted by Gasteiger charge is 2.28. The van der Waals surface area contributed by atoms with Crippen molar-refractivity contribution >= 4 is 28.7 Å². The highest BCUT2D eigenvalue weighted by molar-refractivity contribution is 6.31. The van der Waals surface area contributed by atoms with Crippen LogP contribution in [0.1, 0.15) is 95.6 Å². The minimum Gasteiger partial charge on any atom is -0.305 e. The monoisotopic (exact) mass is 559 g/mol. The normalized spacial score (nSPS) is 20.5. The molecule has 0 bridgehead atoms. The molecule has 2 aromatic rings. The van der Waals surface area contributed by atoms with E-state index in [4.69, 9.17) is 17.0 Å². The molecule has 4 rings (SSSR count). The molecule has 1 N–H and O–H groups in total. The first-order valence-corrected chi connectivity index (χ1v) is 15.4. The summed E-state index contributed by atoms with van der Waals surface area (Å²) in [5.74, 6) is 0.751. The number of benzene rings is 2. The summed E-state index contributed by atoms with van der Waals surface area (Å²) >= 11 is 6.29. The van der Waals surface area contributed by atoms with Crippen molar-refractivity contribution in [2.75, 3.05) is 0 Å². The van der Waals surface area contributed by atoms with Gasteiger partial charge in [0, 0.05) is 23.1 Å². The number of nitrogens with one attached hydrogen (secondary N) is 1. The molecule has 0 aliphatic heterocycles. The van der Waals surface area contributed by atoms with Crippen LogP contribution in [-0.2, 0) is 11.2 Å². The summed E-state index contributed by atoms with van der Waals surface area (Å²) in [6.07, 6.45) is 16.1. The Kier molecular flexibility index (Phi) is 11.1. The fourth-order valence-corrected chi connectivity index (χ4v) is 6.60. The van der Waals surface area contributed by atoms with Crippen molar-refractivity contribution in [2.24, 2.45) is 11.8 Å². The molecule has 2 aliphatic carbocycles. The summed E-state index contributed by atoms with van der Waals surface area (Å²) in [4.78, 5) is 13.2. The second kappa shape index (κ2) is 14.7. The Morgan fingerprint density at radius 1 is 1.00 bits per heavy atom. The van der Waals surface area contributed by atoms with Crippen molar-refractivity contribution in [3.63, 3.8) is 0 Å². The lowest BCUT2D eigenvalue weighted by Gasteiger charge is -2.22. The first kappa shape index (κ1) is 30.2. The van der Waals surface area contributed by atoms with Gasteiger partial charge in [-0.1, -0.05) is 60.5 Å². The molecule has 0 saturated heterocycles. The zero-order valence-corrected chi connectivity index (χ0v) is 24.8. The van der Waals surface area contributed by atoms with Crippen molar-refractivity contribution in [2.45, 2.75) is 90.9 Å². The van der Waals surface area contributed by atoms with Crippen LogP contribution in [0.15, 0.2) is 77.4 Å². The SMILES string of the molecule is CC(=N)C1=C(/C=C(\C)c2ccc(F)cc2)C(C2CCC[C@H](C(=O)CCCCc3ccccc3Cl)CC2)=CCCC1. The molecule has 0 aromatic heterocycles. The van der Waals surface area contributed by atoms with Gasteiger partial charge in [-0.05, 0) is 136 Å². The largest absolute Gasteiger partial charge is 0.305 e. The molecule has 0 spiro atoms. The summed E-state index contributed by atoms with van der Waals surface area (Å²) < 4.78 is 13.5. The van der Waals surface area contributed by atoms with E-state index in [9.17, 15) is 9.18 Å². The van der Waals surface area contributed by atoms with Gasteiger partial charge >= 0.3 is 0 Å². The van der Waals surface area contributed by atoms with Crippen molar-refractivity contribution < 1.29 is 9.18 Å². The quantitative estimate of drug-likeness (QED) is 0.175. The fraction of sp³-hybridized carbons (Fsp3) is 0.444. The fourth-order valence-electron chi connectivity index (χ4n) is 6.37. The molecule has 1 saturated carbocycles. The minimum atomic E-state index is -0.231. The van der Waals surface area contributed by atoms with Gasteiger partial charge in [0.1, 0.15) is 11.6 Å². The summed E-state index contributed by atoms with van der Waals surface area (Å²) in [5.41, 5.74) is 7.54. The lowest BCUT2D eigenvalue weighted by molar-refractivity contribution is -0.123. The third-order valence-electron chi connectivity index (χ3n) is 8.69. The van der Waals surface area contributed by atoms with Gasteiger partial charge in [0.2, 0.25) is 0 Å². The number of unbranched alkanes of at least 4 members (excludes halogenated alkanes) is 1. The van der Waals surface area contributed by atoms with Crippen LogP contribution in [0.5, 0.6) is 0 Å². The maximum Gasteiger partial charge on any atom is 0.135 e. The molecule has 2 aromatic carbocycles. The number of hydrogen-bond acceptors (Lipinski definition) is 2. The second-order valence-corrected chi connectivity index (χ2v) is 12.0. The number of ketones is 1. The van der Waals surface area contributed by atoms with Gasteiger partial charge in [-0.3, -0.25) is 4.79 Å². The van der Waals surface area contributed by atoms with Gasteiger partial charge in [0.25, 0.3) is 0 Å². The van der Waals surface area contributed by atoms with Crippen LogP contribution in [0.2, 0.25) is 5.02 Å². The second-order valence-electron chi connectivity index (χ2n) is 11.6. The number of Topliss-reactive ketones (excluding diaryl/α,β-unsaturated/α-hetero) is 1. The molecule has 1 unspecified atom stereocenters. The van der Waals surface area contributed by atoms with E-state index in [1.54, 1.807) is 0 Å². The average Bonchev–Trinajstić information content (AvgIpc) is 3.31. The van der Waals surface area contributed by atoms with E-state index >= 15 is 0 Å². The minimum absolute atomic E-state index is 0.157. The van der Waals surface area contributed by atoms with Crippen LogP contribution in [0, 0.1) is 23.1 Å². The number of rotatable bonds is 10. The van der Waals surface area contributed by atoms with E-state index in [-0.39, 0.29) is 11.7 Å². The number of hydrogen-bond donors (Lipinski definition) is 1. The van der Waals surface area contributed by atoms with E-state index in [1.807, 2.05) is 37.3 Å². The van der Waals surface area contributed by atoms with Crippen LogP contribution in [0.4, 0.5) is 4.39 Å². The van der Waals surface area contributed by atoms with Gasteiger partial charge in [0.15, 0.2) is 0 Å². The summed E-state index contributed by atoms with van der Waals surface area (Å²) in [6.45, 7) is 3.97. The number of halogens is 2. The van der Waals surface area contributed by atoms with Gasteiger partial charge in [-0.2, -0.15) is 0 Å². The molecule has 0 radical (unpaired) electrons. The number of carbonyl (C=O) groups excluding carboxylic acids is 1. The Bertz CT molecular complexity index is 1290. The lowest BCUT2D eigenvalue weighted by atomic mass is 9.82. The predicted molar refractivity (Wildman–Crippen MR) is 166 cm³/mol. The molecule has 0 heterocycles. The molecule has 2 atom stereocenters. The molecular formula is C36H43ClFNO. The highest BCUT2D eigenvalue weighted by Crippen LogP contribution is 2.40. The lowest BCUT2D eigenvalue weighted by Crippen LogP contribution is -2.14. The molecule has 1 fully saturated rings. The first-order valence-electron chi connectivity index (χ1n) is 15.0. The van der Waals surface area contributed by atoms with Crippen molar-refractivity contribution in [3.05, 3.63) is 99.4 Å². The van der Waals surface area contributed by atoms with Gasteiger partial charge in [-0.25, -0.2) is 4.39 Å². The standard InChI is InChI=1S/C36H43ClFNO/c1-25(27-20-22-31(38)23-21-27)24-34-32(26(2)39)14-5-6-15-33(34)28-12-9-13-30(19-18-28)36(40)17-8-4-11-29-10-3-7-16-35(29)37/h3,7,10,15-16,20-24,28,30,39H,4-6,8-9,11-14,17-19H2,1-2H3/b25-24+,39-26?/t28?,30-/m0/s1. The zero-order chi connectivity index (χ0) is 28.5. The topological polar surface area (TPSA) is 40.9 Å². The Morgan fingerprint density at radius 2 is 1.77 bits per heavy atom. The third kappa shape index (κ3) is 8.13. The first-order chi connectivity index (χ1) is 19.3. The van der Waals surface area contributed by atoms with Crippen LogP contribution in [0.3, 0.4) is 0 Å². The highest BCUT2D eigenvalue weighted by atomic mass is 35.5. The number of aryl methyl sites for hydroxylation is 1. The van der Waals surface area contributed by atoms with E-state index in [2.05, 4.69) is 25.1 Å². The van der Waals surface area contributed by atoms with Crippen LogP contribution < -0.4 is 0 Å². The zero-order valence-electron chi connectivity index (χ0n) is 24.1. The molecule has 40 heavy (non-hydrogen) atoms. The van der Waals surface area contributed by atoms with Gasteiger partial charge in [0.05, 0.1) is 0 Å². The maximum atomic E-state index is 13.5.